The first kappa shape index (κ1) is 20.3. The Morgan fingerprint density at radius 2 is 1.84 bits per heavy atom. The molecule has 0 bridgehead atoms. The fourth-order valence-corrected chi connectivity index (χ4v) is 4.73. The van der Waals surface area contributed by atoms with Crippen LogP contribution in [-0.4, -0.2) is 52.6 Å². The molecule has 1 saturated heterocycles. The van der Waals surface area contributed by atoms with Gasteiger partial charge in [0.2, 0.25) is 10.0 Å². The van der Waals surface area contributed by atoms with Gasteiger partial charge in [-0.3, -0.25) is 0 Å². The summed E-state index contributed by atoms with van der Waals surface area (Å²) in [6.07, 6.45) is 3.75. The molecule has 0 unspecified atom stereocenters. The molecule has 0 aromatic heterocycles. The average molecular weight is 391 g/mol. The molecule has 142 valence electrons. The minimum Gasteiger partial charge on any atom is -0.490 e. The van der Waals surface area contributed by atoms with Gasteiger partial charge in [0.05, 0.1) is 18.1 Å². The third-order valence-electron chi connectivity index (χ3n) is 4.73. The molecular weight excluding hydrogens is 364 g/mol. The van der Waals surface area contributed by atoms with Crippen LogP contribution < -0.4 is 14.8 Å². The third kappa shape index (κ3) is 4.78. The third-order valence-corrected chi connectivity index (χ3v) is 6.63. The van der Waals surface area contributed by atoms with Crippen LogP contribution in [0.3, 0.4) is 0 Å². The van der Waals surface area contributed by atoms with E-state index in [2.05, 4.69) is 5.32 Å². The highest BCUT2D eigenvalue weighted by Gasteiger charge is 2.30. The van der Waals surface area contributed by atoms with Crippen molar-refractivity contribution in [1.82, 2.24) is 9.62 Å². The zero-order chi connectivity index (χ0) is 17.0. The molecule has 0 spiro atoms. The molecule has 2 aliphatic heterocycles. The van der Waals surface area contributed by atoms with Gasteiger partial charge in [-0.05, 0) is 50.9 Å². The van der Waals surface area contributed by atoms with Crippen LogP contribution in [0, 0.1) is 5.92 Å². The van der Waals surface area contributed by atoms with Gasteiger partial charge in [0, 0.05) is 25.6 Å². The molecule has 0 aliphatic carbocycles. The highest BCUT2D eigenvalue weighted by atomic mass is 35.5. The van der Waals surface area contributed by atoms with Gasteiger partial charge in [0.15, 0.2) is 11.5 Å². The minimum atomic E-state index is -3.47. The molecule has 3 rings (SSSR count). The Morgan fingerprint density at radius 1 is 1.16 bits per heavy atom. The van der Waals surface area contributed by atoms with E-state index >= 15 is 0 Å². The van der Waals surface area contributed by atoms with Gasteiger partial charge in [-0.25, -0.2) is 8.42 Å². The number of nitrogens with zero attached hydrogens (tertiary/aromatic N) is 1. The molecule has 1 fully saturated rings. The van der Waals surface area contributed by atoms with E-state index in [-0.39, 0.29) is 12.4 Å². The highest BCUT2D eigenvalue weighted by molar-refractivity contribution is 7.89. The zero-order valence-electron chi connectivity index (χ0n) is 14.6. The Labute approximate surface area is 156 Å². The second-order valence-corrected chi connectivity index (χ2v) is 8.34. The SMILES string of the molecule is CNCCC1CCN(S(=O)(=O)c2ccc3c(c2)OCCCO3)CC1.Cl. The van der Waals surface area contributed by atoms with Crippen molar-refractivity contribution < 1.29 is 17.9 Å². The minimum absolute atomic E-state index is 0. The summed E-state index contributed by atoms with van der Waals surface area (Å²) in [5.41, 5.74) is 0. The maximum atomic E-state index is 12.9. The first-order valence-corrected chi connectivity index (χ1v) is 10.1. The van der Waals surface area contributed by atoms with E-state index in [1.54, 1.807) is 22.5 Å². The fraction of sp³-hybridized carbons (Fsp3) is 0.647. The van der Waals surface area contributed by atoms with Gasteiger partial charge < -0.3 is 14.8 Å². The van der Waals surface area contributed by atoms with Gasteiger partial charge in [-0.1, -0.05) is 0 Å². The standard InChI is InChI=1S/C17H26N2O4S.ClH/c1-18-8-5-14-6-9-19(10-7-14)24(20,21)15-3-4-16-17(13-15)23-12-2-11-22-16;/h3-4,13-14,18H,2,5-12H2,1H3;1H. The van der Waals surface area contributed by atoms with Crippen LogP contribution >= 0.6 is 12.4 Å². The normalized spacial score (nSPS) is 19.1. The molecule has 0 amide bonds. The Kier molecular flexibility index (Phi) is 7.37. The molecule has 8 heteroatoms. The summed E-state index contributed by atoms with van der Waals surface area (Å²) >= 11 is 0. The van der Waals surface area contributed by atoms with Crippen molar-refractivity contribution in [3.63, 3.8) is 0 Å². The molecule has 0 saturated carbocycles. The molecule has 0 atom stereocenters. The molecule has 2 heterocycles. The summed E-state index contributed by atoms with van der Waals surface area (Å²) in [5, 5.41) is 3.16. The lowest BCUT2D eigenvalue weighted by atomic mass is 9.95. The Bertz CT molecular complexity index is 661. The summed E-state index contributed by atoms with van der Waals surface area (Å²) in [5.74, 6) is 1.75. The number of rotatable bonds is 5. The molecule has 1 N–H and O–H groups in total. The summed E-state index contributed by atoms with van der Waals surface area (Å²) < 4.78 is 38.6. The van der Waals surface area contributed by atoms with Crippen LogP contribution in [0.1, 0.15) is 25.7 Å². The monoisotopic (exact) mass is 390 g/mol. The van der Waals surface area contributed by atoms with E-state index in [1.807, 2.05) is 7.05 Å². The van der Waals surface area contributed by atoms with Crippen LogP contribution in [0.4, 0.5) is 0 Å². The molecule has 1 aromatic rings. The van der Waals surface area contributed by atoms with Crippen LogP contribution in [0.5, 0.6) is 11.5 Å². The number of ether oxygens (including phenoxy) is 2. The first-order valence-electron chi connectivity index (χ1n) is 8.65. The number of sulfonamides is 1. The van der Waals surface area contributed by atoms with Crippen LogP contribution in [0.15, 0.2) is 23.1 Å². The first-order chi connectivity index (χ1) is 11.6. The van der Waals surface area contributed by atoms with Gasteiger partial charge in [-0.2, -0.15) is 4.31 Å². The van der Waals surface area contributed by atoms with Crippen LogP contribution in [0.2, 0.25) is 0 Å². The summed E-state index contributed by atoms with van der Waals surface area (Å²) in [7, 11) is -1.52. The van der Waals surface area contributed by atoms with Crippen LogP contribution in [-0.2, 0) is 10.0 Å². The van der Waals surface area contributed by atoms with Crippen molar-refractivity contribution in [3.05, 3.63) is 18.2 Å². The lowest BCUT2D eigenvalue weighted by Crippen LogP contribution is -2.38. The van der Waals surface area contributed by atoms with Crippen molar-refractivity contribution in [3.8, 4) is 11.5 Å². The van der Waals surface area contributed by atoms with E-state index < -0.39 is 10.0 Å². The van der Waals surface area contributed by atoms with Crippen molar-refractivity contribution in [2.24, 2.45) is 5.92 Å². The van der Waals surface area contributed by atoms with E-state index in [9.17, 15) is 8.42 Å². The molecule has 1 aromatic carbocycles. The fourth-order valence-electron chi connectivity index (χ4n) is 3.24. The Hall–Kier alpha value is -1.02. The number of hydrogen-bond acceptors (Lipinski definition) is 5. The lowest BCUT2D eigenvalue weighted by Gasteiger charge is -2.31. The molecular formula is C17H27ClN2O4S. The van der Waals surface area contributed by atoms with Gasteiger partial charge in [-0.15, -0.1) is 12.4 Å². The van der Waals surface area contributed by atoms with Crippen molar-refractivity contribution >= 4 is 22.4 Å². The lowest BCUT2D eigenvalue weighted by molar-refractivity contribution is 0.263. The summed E-state index contributed by atoms with van der Waals surface area (Å²) in [6.45, 7) is 3.31. The smallest absolute Gasteiger partial charge is 0.243 e. The van der Waals surface area contributed by atoms with Gasteiger partial charge >= 0.3 is 0 Å². The highest BCUT2D eigenvalue weighted by Crippen LogP contribution is 2.33. The second kappa shape index (κ2) is 9.07. The predicted octanol–water partition coefficient (Wildman–Crippen LogP) is 2.28. The van der Waals surface area contributed by atoms with Gasteiger partial charge in [0.25, 0.3) is 0 Å². The Morgan fingerprint density at radius 3 is 2.52 bits per heavy atom. The van der Waals surface area contributed by atoms with Crippen molar-refractivity contribution in [2.75, 3.05) is 39.9 Å². The molecule has 0 radical (unpaired) electrons. The average Bonchev–Trinajstić information content (AvgIpc) is 2.85. The number of hydrogen-bond donors (Lipinski definition) is 1. The maximum Gasteiger partial charge on any atom is 0.243 e. The maximum absolute atomic E-state index is 12.9. The second-order valence-electron chi connectivity index (χ2n) is 6.40. The summed E-state index contributed by atoms with van der Waals surface area (Å²) in [4.78, 5) is 0.292. The number of halogens is 1. The largest absolute Gasteiger partial charge is 0.490 e. The Balaban J connectivity index is 0.00000225. The van der Waals surface area contributed by atoms with E-state index in [0.29, 0.717) is 48.6 Å². The van der Waals surface area contributed by atoms with Crippen molar-refractivity contribution in [1.29, 1.82) is 0 Å². The quantitative estimate of drug-likeness (QED) is 0.835. The number of piperidine rings is 1. The van der Waals surface area contributed by atoms with E-state index in [1.165, 1.54) is 0 Å². The van der Waals surface area contributed by atoms with E-state index in [0.717, 1.165) is 32.2 Å². The van der Waals surface area contributed by atoms with Crippen LogP contribution in [0.25, 0.3) is 0 Å². The predicted molar refractivity (Wildman–Crippen MR) is 99.3 cm³/mol. The number of benzene rings is 1. The van der Waals surface area contributed by atoms with E-state index in [4.69, 9.17) is 9.47 Å². The molecule has 2 aliphatic rings. The molecule has 6 nitrogen and oxygen atoms in total. The zero-order valence-corrected chi connectivity index (χ0v) is 16.2. The topological polar surface area (TPSA) is 67.9 Å². The molecule has 25 heavy (non-hydrogen) atoms. The van der Waals surface area contributed by atoms with Crippen molar-refractivity contribution in [2.45, 2.75) is 30.6 Å². The van der Waals surface area contributed by atoms with Gasteiger partial charge in [0.1, 0.15) is 0 Å². The number of nitrogens with one attached hydrogen (secondary N) is 1. The number of fused-ring (bicyclic) bond motifs is 1. The summed E-state index contributed by atoms with van der Waals surface area (Å²) in [6, 6.07) is 4.92.